The Kier molecular flexibility index (Phi) is 10.2. The van der Waals surface area contributed by atoms with Gasteiger partial charge in [-0.3, -0.25) is 9.59 Å². The molecule has 0 spiro atoms. The average molecular weight is 599 g/mol. The number of halogens is 1. The molecule has 41 heavy (non-hydrogen) atoms. The summed E-state index contributed by atoms with van der Waals surface area (Å²) >= 11 is 0. The SMILES string of the molecule is C[C@H]1[C@H]([Si](C)(C)F)[C@@H](CC(=O)N2CCC[C@H]2CO)O[C@H]1CCc1cccc(NC(=O)[C@H]2O[C@@H](O)[C@H](O)[C@@H](O)[C@@H]2O)c1. The van der Waals surface area contributed by atoms with Crippen LogP contribution in [0.4, 0.5) is 9.80 Å². The van der Waals surface area contributed by atoms with Crippen molar-refractivity contribution in [1.82, 2.24) is 4.90 Å². The molecule has 4 rings (SSSR count). The van der Waals surface area contributed by atoms with E-state index in [1.165, 1.54) is 0 Å². The molecule has 0 aromatic heterocycles. The van der Waals surface area contributed by atoms with Crippen molar-refractivity contribution in [3.8, 4) is 0 Å². The number of aryl methyl sites for hydroxylation is 1. The summed E-state index contributed by atoms with van der Waals surface area (Å²) in [6, 6.07) is 6.81. The first kappa shape index (κ1) is 32.0. The van der Waals surface area contributed by atoms with Crippen LogP contribution in [0, 0.1) is 5.92 Å². The summed E-state index contributed by atoms with van der Waals surface area (Å²) in [4.78, 5) is 27.5. The second-order valence-electron chi connectivity index (χ2n) is 12.1. The number of carbonyl (C=O) groups excluding carboxylic acids is 2. The zero-order valence-electron chi connectivity index (χ0n) is 23.7. The van der Waals surface area contributed by atoms with Gasteiger partial charge in [-0.2, -0.15) is 0 Å². The van der Waals surface area contributed by atoms with Crippen LogP contribution in [-0.2, 0) is 25.5 Å². The molecular weight excluding hydrogens is 555 g/mol. The lowest BCUT2D eigenvalue weighted by Gasteiger charge is -2.37. The third-order valence-corrected chi connectivity index (χ3v) is 11.2. The van der Waals surface area contributed by atoms with Crippen molar-refractivity contribution in [3.05, 3.63) is 29.8 Å². The summed E-state index contributed by atoms with van der Waals surface area (Å²) in [7, 11) is -3.17. The van der Waals surface area contributed by atoms with Crippen molar-refractivity contribution >= 4 is 25.9 Å². The minimum Gasteiger partial charge on any atom is -0.394 e. The van der Waals surface area contributed by atoms with E-state index in [-0.39, 0.29) is 42.5 Å². The molecule has 1 aromatic carbocycles. The lowest BCUT2D eigenvalue weighted by Crippen LogP contribution is -2.60. The van der Waals surface area contributed by atoms with Crippen molar-refractivity contribution in [2.45, 2.75) is 107 Å². The molecule has 0 unspecified atom stereocenters. The summed E-state index contributed by atoms with van der Waals surface area (Å²) in [5.41, 5.74) is 0.930. The Morgan fingerprint density at radius 3 is 2.51 bits per heavy atom. The molecule has 3 saturated heterocycles. The molecule has 230 valence electrons. The largest absolute Gasteiger partial charge is 0.394 e. The topological polar surface area (TPSA) is 169 Å². The smallest absolute Gasteiger partial charge is 0.256 e. The number of rotatable bonds is 9. The van der Waals surface area contributed by atoms with Gasteiger partial charge in [-0.15, -0.1) is 0 Å². The number of amides is 2. The molecule has 0 bridgehead atoms. The van der Waals surface area contributed by atoms with Crippen LogP contribution in [0.15, 0.2) is 24.3 Å². The van der Waals surface area contributed by atoms with Crippen LogP contribution in [0.25, 0.3) is 0 Å². The third kappa shape index (κ3) is 7.16. The van der Waals surface area contributed by atoms with Gasteiger partial charge in [0.25, 0.3) is 5.91 Å². The molecule has 2 amide bonds. The number of carbonyl (C=O) groups is 2. The van der Waals surface area contributed by atoms with Gasteiger partial charge in [0.15, 0.2) is 12.4 Å². The Labute approximate surface area is 240 Å². The van der Waals surface area contributed by atoms with E-state index in [0.717, 1.165) is 18.4 Å². The summed E-state index contributed by atoms with van der Waals surface area (Å²) in [5, 5.41) is 51.6. The van der Waals surface area contributed by atoms with Crippen LogP contribution in [0.5, 0.6) is 0 Å². The Hall–Kier alpha value is -1.97. The number of nitrogens with zero attached hydrogens (tertiary/aromatic N) is 1. The fraction of sp³-hybridized carbons (Fsp3) is 0.714. The maximum absolute atomic E-state index is 15.5. The van der Waals surface area contributed by atoms with Crippen LogP contribution >= 0.6 is 0 Å². The van der Waals surface area contributed by atoms with Gasteiger partial charge in [0, 0.05) is 17.8 Å². The van der Waals surface area contributed by atoms with Crippen molar-refractivity contribution in [2.24, 2.45) is 5.92 Å². The van der Waals surface area contributed by atoms with E-state index < -0.39 is 51.1 Å². The monoisotopic (exact) mass is 598 g/mol. The molecule has 11 nitrogen and oxygen atoms in total. The highest BCUT2D eigenvalue weighted by Crippen LogP contribution is 2.47. The predicted molar refractivity (Wildman–Crippen MR) is 149 cm³/mol. The number of hydrogen-bond donors (Lipinski definition) is 6. The third-order valence-electron chi connectivity index (χ3n) is 8.74. The Morgan fingerprint density at radius 1 is 1.10 bits per heavy atom. The molecule has 3 heterocycles. The van der Waals surface area contributed by atoms with Crippen molar-refractivity contribution < 1.29 is 48.7 Å². The Balaban J connectivity index is 1.37. The van der Waals surface area contributed by atoms with Gasteiger partial charge >= 0.3 is 0 Å². The van der Waals surface area contributed by atoms with Gasteiger partial charge in [0.2, 0.25) is 14.3 Å². The van der Waals surface area contributed by atoms with Crippen molar-refractivity contribution in [1.29, 1.82) is 0 Å². The van der Waals surface area contributed by atoms with Crippen molar-refractivity contribution in [3.63, 3.8) is 0 Å². The highest BCUT2D eigenvalue weighted by Gasteiger charge is 2.52. The highest BCUT2D eigenvalue weighted by atomic mass is 28.4. The van der Waals surface area contributed by atoms with Crippen LogP contribution < -0.4 is 5.32 Å². The first-order valence-corrected chi connectivity index (χ1v) is 17.3. The number of benzene rings is 1. The highest BCUT2D eigenvalue weighted by molar-refractivity contribution is 6.72. The maximum atomic E-state index is 15.5. The van der Waals surface area contributed by atoms with Gasteiger partial charge in [0.1, 0.15) is 18.3 Å². The standard InChI is InChI=1S/C28H43FN2O9Si/c1-15-19(39-20(26(15)41(2,3)29)13-21(33)31-11-5-8-18(31)14-32)10-9-16-6-4-7-17(12-16)30-27(37)25-23(35)22(34)24(36)28(38)40-25/h4,6-7,12,15,18-20,22-26,28,32,34-36,38H,5,8-11,13-14H2,1-3H3,(H,30,37)/t15-,18+,19+,20-,22+,23+,24-,25+,26+,28-/m1/s1. The number of aliphatic hydroxyl groups excluding tert-OH is 5. The van der Waals surface area contributed by atoms with Crippen LogP contribution in [-0.4, -0.2) is 113 Å². The van der Waals surface area contributed by atoms with Crippen LogP contribution in [0.1, 0.15) is 38.2 Å². The molecule has 3 aliphatic heterocycles. The summed E-state index contributed by atoms with van der Waals surface area (Å²) in [6.07, 6.45) is -6.56. The van der Waals surface area contributed by atoms with Crippen LogP contribution in [0.3, 0.4) is 0 Å². The van der Waals surface area contributed by atoms with Gasteiger partial charge in [-0.05, 0) is 62.4 Å². The van der Waals surface area contributed by atoms with Gasteiger partial charge in [-0.1, -0.05) is 19.1 Å². The first-order valence-electron chi connectivity index (χ1n) is 14.3. The normalized spacial score (nSPS) is 36.0. The maximum Gasteiger partial charge on any atom is 0.256 e. The quantitative estimate of drug-likeness (QED) is 0.177. The molecule has 0 radical (unpaired) electrons. The lowest BCUT2D eigenvalue weighted by molar-refractivity contribution is -0.274. The van der Waals surface area contributed by atoms with E-state index in [1.807, 2.05) is 13.0 Å². The molecule has 6 N–H and O–H groups in total. The van der Waals surface area contributed by atoms with Crippen molar-refractivity contribution in [2.75, 3.05) is 18.5 Å². The Morgan fingerprint density at radius 2 is 1.83 bits per heavy atom. The fourth-order valence-corrected chi connectivity index (χ4v) is 9.17. The summed E-state index contributed by atoms with van der Waals surface area (Å²) in [6.45, 7) is 5.80. The zero-order valence-corrected chi connectivity index (χ0v) is 24.7. The molecule has 3 fully saturated rings. The number of anilines is 1. The average Bonchev–Trinajstić information content (AvgIpc) is 3.52. The van der Waals surface area contributed by atoms with Crippen LogP contribution in [0.2, 0.25) is 18.6 Å². The minimum absolute atomic E-state index is 0.0795. The summed E-state index contributed by atoms with van der Waals surface area (Å²) < 4.78 is 26.9. The van der Waals surface area contributed by atoms with E-state index in [1.54, 1.807) is 36.2 Å². The molecule has 13 heteroatoms. The van der Waals surface area contributed by atoms with E-state index in [4.69, 9.17) is 9.47 Å². The predicted octanol–water partition coefficient (Wildman–Crippen LogP) is 0.679. The second-order valence-corrected chi connectivity index (χ2v) is 15.9. The number of nitrogens with one attached hydrogen (secondary N) is 1. The molecule has 3 aliphatic rings. The first-order chi connectivity index (χ1) is 19.3. The summed E-state index contributed by atoms with van der Waals surface area (Å²) in [5.74, 6) is -0.986. The Bertz CT molecular complexity index is 1080. The van der Waals surface area contributed by atoms with E-state index in [2.05, 4.69) is 5.32 Å². The molecular formula is C28H43FN2O9Si. The van der Waals surface area contributed by atoms with E-state index in [0.29, 0.717) is 25.1 Å². The number of likely N-dealkylation sites (tertiary alicyclic amines) is 1. The lowest BCUT2D eigenvalue weighted by atomic mass is 9.95. The second kappa shape index (κ2) is 13.1. The molecule has 10 atom stereocenters. The van der Waals surface area contributed by atoms with E-state index in [9.17, 15) is 35.1 Å². The molecule has 0 aliphatic carbocycles. The van der Waals surface area contributed by atoms with Gasteiger partial charge < -0.3 is 49.3 Å². The zero-order chi connectivity index (χ0) is 30.1. The van der Waals surface area contributed by atoms with E-state index >= 15 is 4.11 Å². The fourth-order valence-electron chi connectivity index (χ4n) is 6.62. The molecule has 0 saturated carbocycles. The van der Waals surface area contributed by atoms with Gasteiger partial charge in [0.05, 0.1) is 31.3 Å². The number of ether oxygens (including phenoxy) is 2. The number of aliphatic hydroxyl groups is 5. The molecule has 1 aromatic rings. The minimum atomic E-state index is -3.17. The van der Waals surface area contributed by atoms with Gasteiger partial charge in [-0.25, -0.2) is 0 Å². The number of hydrogen-bond acceptors (Lipinski definition) is 9.